The maximum atomic E-state index is 11.0. The van der Waals surface area contributed by atoms with Crippen LogP contribution in [0.4, 0.5) is 0 Å². The van der Waals surface area contributed by atoms with Crippen LogP contribution in [0.1, 0.15) is 24.5 Å². The van der Waals surface area contributed by atoms with Crippen molar-refractivity contribution in [2.75, 3.05) is 5.75 Å². The van der Waals surface area contributed by atoms with E-state index in [2.05, 4.69) is 0 Å². The molecule has 0 saturated carbocycles. The van der Waals surface area contributed by atoms with E-state index in [0.717, 1.165) is 23.3 Å². The molecule has 0 spiro atoms. The maximum absolute atomic E-state index is 11.0. The summed E-state index contributed by atoms with van der Waals surface area (Å²) in [5.41, 5.74) is 2.07. The highest BCUT2D eigenvalue weighted by molar-refractivity contribution is 8.04. The van der Waals surface area contributed by atoms with Gasteiger partial charge in [-0.15, -0.1) is 11.8 Å². The number of carboxylic acid groups (broad SMARTS) is 1. The van der Waals surface area contributed by atoms with Gasteiger partial charge in [-0.2, -0.15) is 0 Å². The van der Waals surface area contributed by atoms with E-state index in [-0.39, 0.29) is 0 Å². The van der Waals surface area contributed by atoms with E-state index >= 15 is 0 Å². The molecule has 0 aliphatic rings. The van der Waals surface area contributed by atoms with Gasteiger partial charge in [0, 0.05) is 0 Å². The third-order valence-electron chi connectivity index (χ3n) is 2.15. The summed E-state index contributed by atoms with van der Waals surface area (Å²) in [5.74, 6) is -0.00833. The molecule has 16 heavy (non-hydrogen) atoms. The van der Waals surface area contributed by atoms with Crippen LogP contribution < -0.4 is 0 Å². The van der Waals surface area contributed by atoms with Crippen molar-refractivity contribution in [1.82, 2.24) is 0 Å². The fraction of sp³-hybridized carbons (Fsp3) is 0.308. The van der Waals surface area contributed by atoms with Gasteiger partial charge < -0.3 is 5.11 Å². The molecule has 0 bridgehead atoms. The van der Waals surface area contributed by atoms with Gasteiger partial charge >= 0.3 is 5.97 Å². The van der Waals surface area contributed by atoms with Crippen molar-refractivity contribution in [3.8, 4) is 0 Å². The van der Waals surface area contributed by atoms with Crippen molar-refractivity contribution in [3.63, 3.8) is 0 Å². The van der Waals surface area contributed by atoms with Crippen LogP contribution in [-0.4, -0.2) is 16.8 Å². The van der Waals surface area contributed by atoms with E-state index in [9.17, 15) is 4.79 Å². The van der Waals surface area contributed by atoms with Gasteiger partial charge in [0.05, 0.1) is 4.91 Å². The third-order valence-corrected chi connectivity index (χ3v) is 3.36. The Morgan fingerprint density at radius 1 is 1.44 bits per heavy atom. The molecular formula is C13H16O2S. The second-order valence-corrected chi connectivity index (χ2v) is 4.66. The molecule has 3 heteroatoms. The summed E-state index contributed by atoms with van der Waals surface area (Å²) in [4.78, 5) is 11.4. The predicted octanol–water partition coefficient (Wildman–Crippen LogP) is 3.56. The molecule has 0 aliphatic heterocycles. The lowest BCUT2D eigenvalue weighted by atomic mass is 10.1. The topological polar surface area (TPSA) is 37.3 Å². The molecular weight excluding hydrogens is 220 g/mol. The highest BCUT2D eigenvalue weighted by Gasteiger charge is 2.07. The molecule has 1 rings (SSSR count). The average molecular weight is 236 g/mol. The van der Waals surface area contributed by atoms with Gasteiger partial charge in [0.2, 0.25) is 0 Å². The number of rotatable bonds is 5. The first-order valence-electron chi connectivity index (χ1n) is 5.28. The first kappa shape index (κ1) is 12.8. The number of hydrogen-bond acceptors (Lipinski definition) is 2. The molecule has 0 radical (unpaired) electrons. The van der Waals surface area contributed by atoms with Crippen molar-refractivity contribution in [2.45, 2.75) is 20.3 Å². The number of carboxylic acids is 1. The standard InChI is InChI=1S/C13H16O2S/c1-3-8-16-12(13(14)15)9-11-7-5-4-6-10(11)2/h4-7,9H,3,8H2,1-2H3,(H,14,15). The minimum Gasteiger partial charge on any atom is -0.477 e. The van der Waals surface area contributed by atoms with E-state index in [0.29, 0.717) is 4.91 Å². The van der Waals surface area contributed by atoms with Crippen molar-refractivity contribution in [3.05, 3.63) is 40.3 Å². The van der Waals surface area contributed by atoms with Crippen LogP contribution in [0.15, 0.2) is 29.2 Å². The minimum atomic E-state index is -0.846. The monoisotopic (exact) mass is 236 g/mol. The van der Waals surface area contributed by atoms with Gasteiger partial charge in [-0.25, -0.2) is 4.79 Å². The zero-order valence-electron chi connectivity index (χ0n) is 9.56. The van der Waals surface area contributed by atoms with Crippen LogP contribution in [0.2, 0.25) is 0 Å². The fourth-order valence-electron chi connectivity index (χ4n) is 1.27. The van der Waals surface area contributed by atoms with Crippen molar-refractivity contribution >= 4 is 23.8 Å². The predicted molar refractivity (Wildman–Crippen MR) is 69.5 cm³/mol. The van der Waals surface area contributed by atoms with E-state index in [1.807, 2.05) is 38.1 Å². The quantitative estimate of drug-likeness (QED) is 0.794. The van der Waals surface area contributed by atoms with Crippen LogP contribution >= 0.6 is 11.8 Å². The molecule has 0 aromatic heterocycles. The molecule has 0 heterocycles. The fourth-order valence-corrected chi connectivity index (χ4v) is 2.02. The van der Waals surface area contributed by atoms with Gasteiger partial charge in [0.25, 0.3) is 0 Å². The molecule has 86 valence electrons. The molecule has 0 fully saturated rings. The Labute approximate surface area is 100 Å². The Kier molecular flexibility index (Phi) is 5.12. The summed E-state index contributed by atoms with van der Waals surface area (Å²) in [5, 5.41) is 9.06. The molecule has 1 aromatic carbocycles. The second-order valence-electron chi connectivity index (χ2n) is 3.52. The minimum absolute atomic E-state index is 0.413. The highest BCUT2D eigenvalue weighted by atomic mass is 32.2. The van der Waals surface area contributed by atoms with Crippen LogP contribution in [0.25, 0.3) is 6.08 Å². The molecule has 0 amide bonds. The Balaban J connectivity index is 2.93. The van der Waals surface area contributed by atoms with Crippen LogP contribution in [0.3, 0.4) is 0 Å². The lowest BCUT2D eigenvalue weighted by Crippen LogP contribution is -1.98. The second kappa shape index (κ2) is 6.38. The van der Waals surface area contributed by atoms with Crippen LogP contribution in [0, 0.1) is 6.92 Å². The van der Waals surface area contributed by atoms with Crippen molar-refractivity contribution in [2.24, 2.45) is 0 Å². The average Bonchev–Trinajstić information content (AvgIpc) is 2.26. The molecule has 0 saturated heterocycles. The first-order valence-corrected chi connectivity index (χ1v) is 6.27. The summed E-state index contributed by atoms with van der Waals surface area (Å²) in [6.07, 6.45) is 2.72. The lowest BCUT2D eigenvalue weighted by molar-refractivity contribution is -0.131. The SMILES string of the molecule is CCCSC(=Cc1ccccc1C)C(=O)O. The van der Waals surface area contributed by atoms with Crippen LogP contribution in [0.5, 0.6) is 0 Å². The van der Waals surface area contributed by atoms with E-state index in [4.69, 9.17) is 5.11 Å². The van der Waals surface area contributed by atoms with E-state index in [1.165, 1.54) is 11.8 Å². The zero-order chi connectivity index (χ0) is 12.0. The number of thioether (sulfide) groups is 1. The van der Waals surface area contributed by atoms with Gasteiger partial charge in [-0.3, -0.25) is 0 Å². The van der Waals surface area contributed by atoms with Gasteiger partial charge in [0.15, 0.2) is 0 Å². The Bertz CT molecular complexity index is 397. The largest absolute Gasteiger partial charge is 0.477 e. The number of aryl methyl sites for hydroxylation is 1. The molecule has 0 aliphatic carbocycles. The molecule has 1 N–H and O–H groups in total. The molecule has 0 atom stereocenters. The summed E-state index contributed by atoms with van der Waals surface area (Å²) >= 11 is 1.39. The number of carbonyl (C=O) groups is 1. The third kappa shape index (κ3) is 3.74. The molecule has 1 aromatic rings. The van der Waals surface area contributed by atoms with E-state index < -0.39 is 5.97 Å². The summed E-state index contributed by atoms with van der Waals surface area (Å²) in [6.45, 7) is 4.02. The van der Waals surface area contributed by atoms with E-state index in [1.54, 1.807) is 6.08 Å². The lowest BCUT2D eigenvalue weighted by Gasteiger charge is -2.03. The zero-order valence-corrected chi connectivity index (χ0v) is 10.4. The Morgan fingerprint density at radius 2 is 2.12 bits per heavy atom. The van der Waals surface area contributed by atoms with Crippen molar-refractivity contribution < 1.29 is 9.90 Å². The normalized spacial score (nSPS) is 11.5. The number of hydrogen-bond donors (Lipinski definition) is 1. The van der Waals surface area contributed by atoms with Gasteiger partial charge in [0.1, 0.15) is 0 Å². The molecule has 0 unspecified atom stereocenters. The van der Waals surface area contributed by atoms with Gasteiger partial charge in [-0.1, -0.05) is 31.2 Å². The highest BCUT2D eigenvalue weighted by Crippen LogP contribution is 2.21. The molecule has 2 nitrogen and oxygen atoms in total. The summed E-state index contributed by atoms with van der Waals surface area (Å²) in [6, 6.07) is 7.79. The smallest absolute Gasteiger partial charge is 0.342 e. The Morgan fingerprint density at radius 3 is 2.69 bits per heavy atom. The Hall–Kier alpha value is -1.22. The van der Waals surface area contributed by atoms with Gasteiger partial charge in [-0.05, 0) is 36.3 Å². The van der Waals surface area contributed by atoms with Crippen LogP contribution in [-0.2, 0) is 4.79 Å². The number of aliphatic carboxylic acids is 1. The first-order chi connectivity index (χ1) is 7.65. The van der Waals surface area contributed by atoms with Crippen molar-refractivity contribution in [1.29, 1.82) is 0 Å². The summed E-state index contributed by atoms with van der Waals surface area (Å²) < 4.78 is 0. The maximum Gasteiger partial charge on any atom is 0.342 e. The summed E-state index contributed by atoms with van der Waals surface area (Å²) in [7, 11) is 0. The number of benzene rings is 1.